The second-order valence-corrected chi connectivity index (χ2v) is 1.37. The van der Waals surface area contributed by atoms with Crippen LogP contribution >= 0.6 is 0 Å². The number of nitrogens with one attached hydrogen (secondary N) is 1. The molecule has 48 valence electrons. The van der Waals surface area contributed by atoms with Gasteiger partial charge in [0, 0.05) is 5.88 Å². The molecule has 1 rings (SSSR count). The second kappa shape index (κ2) is 4.19. The molecule has 0 amide bonds. The topological polar surface area (TPSA) is 68.8 Å². The van der Waals surface area contributed by atoms with Crippen LogP contribution in [0.3, 0.4) is 0 Å². The Balaban J connectivity index is 0.000000810. The first-order valence-electron chi connectivity index (χ1n) is 2.12. The van der Waals surface area contributed by atoms with E-state index in [2.05, 4.69) is 4.98 Å². The standard InChI is InChI=1S/C4H3FN2O2.K/c5-2-1-6-4(9)7-3(2)8;/h1H,(H2,6,7,8,9);/q;+1/p-1. The Hall–Kier alpha value is 0.246. The van der Waals surface area contributed by atoms with Crippen LogP contribution in [0.5, 0.6) is 5.88 Å². The maximum Gasteiger partial charge on any atom is 1.00 e. The number of hydrogen-bond donors (Lipinski definition) is 1. The van der Waals surface area contributed by atoms with Crippen LogP contribution in [0.2, 0.25) is 0 Å². The van der Waals surface area contributed by atoms with Crippen molar-refractivity contribution in [3.63, 3.8) is 0 Å². The minimum atomic E-state index is -1.05. The van der Waals surface area contributed by atoms with Crippen LogP contribution < -0.4 is 62.2 Å². The molecule has 1 aromatic heterocycles. The minimum Gasteiger partial charge on any atom is -0.858 e. The van der Waals surface area contributed by atoms with E-state index < -0.39 is 17.4 Å². The fourth-order valence-electron chi connectivity index (χ4n) is 0.363. The van der Waals surface area contributed by atoms with Gasteiger partial charge in [-0.25, -0.2) is 9.18 Å². The Bertz CT molecular complexity index is 274. The van der Waals surface area contributed by atoms with E-state index in [1.165, 1.54) is 0 Å². The fraction of sp³-hybridized carbons (Fsp3) is 0. The van der Waals surface area contributed by atoms with Gasteiger partial charge in [0.25, 0.3) is 0 Å². The van der Waals surface area contributed by atoms with E-state index in [1.807, 2.05) is 0 Å². The van der Waals surface area contributed by atoms with Gasteiger partial charge in [-0.2, -0.15) is 4.98 Å². The molecule has 0 aliphatic rings. The monoisotopic (exact) mass is 168 g/mol. The van der Waals surface area contributed by atoms with E-state index in [4.69, 9.17) is 0 Å². The van der Waals surface area contributed by atoms with Crippen LogP contribution in [0, 0.1) is 5.82 Å². The Kier molecular flexibility index (Phi) is 4.30. The second-order valence-electron chi connectivity index (χ2n) is 1.37. The summed E-state index contributed by atoms with van der Waals surface area (Å²) >= 11 is 0. The Labute approximate surface area is 97.9 Å². The van der Waals surface area contributed by atoms with E-state index in [1.54, 1.807) is 4.98 Å². The molecular formula is C4H2FKN2O2. The molecule has 0 saturated heterocycles. The van der Waals surface area contributed by atoms with Crippen LogP contribution in [0.15, 0.2) is 11.0 Å². The van der Waals surface area contributed by atoms with Crippen molar-refractivity contribution in [1.82, 2.24) is 9.97 Å². The minimum absolute atomic E-state index is 0. The summed E-state index contributed by atoms with van der Waals surface area (Å²) in [6.45, 7) is 0. The van der Waals surface area contributed by atoms with E-state index in [0.717, 1.165) is 0 Å². The van der Waals surface area contributed by atoms with E-state index >= 15 is 0 Å². The summed E-state index contributed by atoms with van der Waals surface area (Å²) < 4.78 is 12.0. The maximum absolute atomic E-state index is 12.0. The third-order valence-electron chi connectivity index (χ3n) is 0.733. The van der Waals surface area contributed by atoms with Crippen LogP contribution in [-0.4, -0.2) is 9.97 Å². The zero-order chi connectivity index (χ0) is 6.85. The summed E-state index contributed by atoms with van der Waals surface area (Å²) in [6.07, 6.45) is 0.584. The van der Waals surface area contributed by atoms with Gasteiger partial charge < -0.3 is 10.1 Å². The van der Waals surface area contributed by atoms with Crippen molar-refractivity contribution in [2.24, 2.45) is 0 Å². The van der Waals surface area contributed by atoms with Crippen LogP contribution in [0.4, 0.5) is 4.39 Å². The molecule has 0 fully saturated rings. The average molecular weight is 168 g/mol. The summed E-state index contributed by atoms with van der Waals surface area (Å²) in [5.74, 6) is -2.08. The zero-order valence-corrected chi connectivity index (χ0v) is 8.34. The van der Waals surface area contributed by atoms with Crippen LogP contribution in [-0.2, 0) is 0 Å². The van der Waals surface area contributed by atoms with Crippen molar-refractivity contribution >= 4 is 0 Å². The van der Waals surface area contributed by atoms with Crippen molar-refractivity contribution in [2.45, 2.75) is 0 Å². The summed E-state index contributed by atoms with van der Waals surface area (Å²) in [5, 5.41) is 10.2. The SMILES string of the molecule is O=c1ncc(F)c([O-])[nH]1.[K+]. The van der Waals surface area contributed by atoms with Crippen molar-refractivity contribution in [1.29, 1.82) is 0 Å². The first kappa shape index (κ1) is 10.2. The molecule has 0 radical (unpaired) electrons. The number of aromatic nitrogens is 2. The predicted octanol–water partition coefficient (Wildman–Crippen LogP) is -4.01. The molecule has 1 aromatic rings. The number of nitrogens with zero attached hydrogens (tertiary/aromatic N) is 1. The van der Waals surface area contributed by atoms with Gasteiger partial charge in [0.1, 0.15) is 5.82 Å². The predicted molar refractivity (Wildman–Crippen MR) is 24.3 cm³/mol. The number of halogens is 1. The zero-order valence-electron chi connectivity index (χ0n) is 5.22. The van der Waals surface area contributed by atoms with E-state index in [-0.39, 0.29) is 51.4 Å². The molecule has 10 heavy (non-hydrogen) atoms. The molecule has 0 aliphatic carbocycles. The summed E-state index contributed by atoms with van der Waals surface area (Å²) in [6, 6.07) is 0. The third-order valence-corrected chi connectivity index (χ3v) is 0.733. The molecule has 1 heterocycles. The van der Waals surface area contributed by atoms with Crippen molar-refractivity contribution in [3.05, 3.63) is 22.5 Å². The van der Waals surface area contributed by atoms with Gasteiger partial charge >= 0.3 is 57.1 Å². The molecule has 0 atom stereocenters. The van der Waals surface area contributed by atoms with Crippen molar-refractivity contribution in [2.75, 3.05) is 0 Å². The molecule has 0 spiro atoms. The Morgan fingerprint density at radius 1 is 1.70 bits per heavy atom. The van der Waals surface area contributed by atoms with Gasteiger partial charge in [0.15, 0.2) is 0 Å². The summed E-state index contributed by atoms with van der Waals surface area (Å²) in [4.78, 5) is 14.7. The van der Waals surface area contributed by atoms with Crippen LogP contribution in [0.25, 0.3) is 0 Å². The number of rotatable bonds is 0. The number of aromatic amines is 1. The quantitative estimate of drug-likeness (QED) is 0.401. The fourth-order valence-corrected chi connectivity index (χ4v) is 0.363. The van der Waals surface area contributed by atoms with Gasteiger partial charge in [-0.3, -0.25) is 0 Å². The largest absolute Gasteiger partial charge is 1.00 e. The number of hydrogen-bond acceptors (Lipinski definition) is 3. The molecule has 0 saturated carbocycles. The van der Waals surface area contributed by atoms with E-state index in [9.17, 15) is 14.3 Å². The molecular weight excluding hydrogens is 166 g/mol. The molecule has 0 aromatic carbocycles. The molecule has 4 nitrogen and oxygen atoms in total. The molecule has 0 aliphatic heterocycles. The van der Waals surface area contributed by atoms with Gasteiger partial charge in [0.2, 0.25) is 0 Å². The van der Waals surface area contributed by atoms with Gasteiger partial charge in [0.05, 0.1) is 6.20 Å². The van der Waals surface area contributed by atoms with Gasteiger partial charge in [-0.05, 0) is 0 Å². The third kappa shape index (κ3) is 2.47. The molecule has 0 bridgehead atoms. The van der Waals surface area contributed by atoms with Gasteiger partial charge in [-0.15, -0.1) is 0 Å². The maximum atomic E-state index is 12.0. The van der Waals surface area contributed by atoms with E-state index in [0.29, 0.717) is 6.20 Å². The Morgan fingerprint density at radius 2 is 2.30 bits per heavy atom. The summed E-state index contributed by atoms with van der Waals surface area (Å²) in [7, 11) is 0. The molecule has 0 unspecified atom stereocenters. The average Bonchev–Trinajstić information content (AvgIpc) is 1.80. The first-order chi connectivity index (χ1) is 4.20. The first-order valence-corrected chi connectivity index (χ1v) is 2.12. The van der Waals surface area contributed by atoms with Crippen LogP contribution in [0.1, 0.15) is 0 Å². The normalized spacial score (nSPS) is 8.50. The Morgan fingerprint density at radius 3 is 2.70 bits per heavy atom. The molecule has 6 heteroatoms. The van der Waals surface area contributed by atoms with Crippen molar-refractivity contribution in [3.8, 4) is 5.88 Å². The van der Waals surface area contributed by atoms with Gasteiger partial charge in [-0.1, -0.05) is 0 Å². The smallest absolute Gasteiger partial charge is 0.858 e. The number of H-pyrrole nitrogens is 1. The molecule has 1 N–H and O–H groups in total. The summed E-state index contributed by atoms with van der Waals surface area (Å²) in [5.41, 5.74) is -0.832. The van der Waals surface area contributed by atoms with Crippen molar-refractivity contribution < 1.29 is 60.9 Å².